The molecule has 1 amide bonds. The van der Waals surface area contributed by atoms with E-state index in [1.165, 1.54) is 23.1 Å². The number of carbonyl (C=O) groups is 1. The van der Waals surface area contributed by atoms with Crippen molar-refractivity contribution in [3.63, 3.8) is 0 Å². The second-order valence-corrected chi connectivity index (χ2v) is 8.87. The number of thioether (sulfide) groups is 1. The molecule has 2 heterocycles. The van der Waals surface area contributed by atoms with E-state index in [9.17, 15) is 4.79 Å². The van der Waals surface area contributed by atoms with E-state index in [0.29, 0.717) is 17.4 Å². The zero-order valence-corrected chi connectivity index (χ0v) is 19.2. The van der Waals surface area contributed by atoms with Crippen LogP contribution in [0.3, 0.4) is 0 Å². The number of aryl methyl sites for hydroxylation is 1. The molecule has 0 unspecified atom stereocenters. The molecule has 0 aliphatic heterocycles. The highest BCUT2D eigenvalue weighted by molar-refractivity contribution is 7.98. The average molecular weight is 451 g/mol. The Morgan fingerprint density at radius 3 is 2.71 bits per heavy atom. The first kappa shape index (κ1) is 21.2. The quantitative estimate of drug-likeness (QED) is 0.378. The van der Waals surface area contributed by atoms with Crippen LogP contribution in [-0.4, -0.2) is 31.1 Å². The van der Waals surface area contributed by atoms with Gasteiger partial charge in [-0.15, -0.1) is 16.4 Å². The lowest BCUT2D eigenvalue weighted by atomic mass is 10.1. The van der Waals surface area contributed by atoms with Gasteiger partial charge < -0.3 is 0 Å². The van der Waals surface area contributed by atoms with E-state index in [0.717, 1.165) is 33.2 Å². The van der Waals surface area contributed by atoms with Crippen molar-refractivity contribution in [2.45, 2.75) is 38.2 Å². The molecule has 7 nitrogen and oxygen atoms in total. The first-order valence-electron chi connectivity index (χ1n) is 9.77. The molecule has 0 bridgehead atoms. The first-order chi connectivity index (χ1) is 15.0. The van der Waals surface area contributed by atoms with Gasteiger partial charge in [0.1, 0.15) is 0 Å². The number of rotatable bonds is 7. The van der Waals surface area contributed by atoms with Crippen LogP contribution in [0.25, 0.3) is 0 Å². The minimum atomic E-state index is -0.0611. The Morgan fingerprint density at radius 1 is 1.13 bits per heavy atom. The Balaban J connectivity index is 1.49. The van der Waals surface area contributed by atoms with Crippen LogP contribution < -0.4 is 4.90 Å². The Kier molecular flexibility index (Phi) is 6.43. The number of nitrogens with zero attached hydrogens (tertiary/aromatic N) is 6. The van der Waals surface area contributed by atoms with Crippen LogP contribution in [0.2, 0.25) is 0 Å². The molecule has 0 atom stereocenters. The molecule has 0 saturated heterocycles. The summed E-state index contributed by atoms with van der Waals surface area (Å²) in [5, 5.41) is 15.4. The Hall–Kier alpha value is -3.04. The summed E-state index contributed by atoms with van der Waals surface area (Å²) in [6.45, 7) is 6.25. The Morgan fingerprint density at radius 2 is 1.94 bits per heavy atom. The topological polar surface area (TPSA) is 76.8 Å². The average Bonchev–Trinajstić information content (AvgIpc) is 3.40. The van der Waals surface area contributed by atoms with Crippen LogP contribution in [0.15, 0.2) is 59.1 Å². The van der Waals surface area contributed by atoms with Crippen molar-refractivity contribution >= 4 is 39.8 Å². The number of tetrazole rings is 1. The number of benzene rings is 2. The fourth-order valence-electron chi connectivity index (χ4n) is 3.14. The minimum absolute atomic E-state index is 0.0611. The van der Waals surface area contributed by atoms with E-state index >= 15 is 0 Å². The van der Waals surface area contributed by atoms with Gasteiger partial charge in [0, 0.05) is 18.1 Å². The molecular weight excluding hydrogens is 428 g/mol. The van der Waals surface area contributed by atoms with E-state index in [1.54, 1.807) is 16.5 Å². The second-order valence-electron chi connectivity index (χ2n) is 7.09. The van der Waals surface area contributed by atoms with Gasteiger partial charge in [-0.2, -0.15) is 0 Å². The first-order valence-corrected chi connectivity index (χ1v) is 11.6. The molecule has 4 rings (SSSR count). The van der Waals surface area contributed by atoms with E-state index in [2.05, 4.69) is 15.5 Å². The summed E-state index contributed by atoms with van der Waals surface area (Å²) < 4.78 is 1.78. The largest absolute Gasteiger partial charge is 0.274 e. The van der Waals surface area contributed by atoms with Crippen molar-refractivity contribution in [3.8, 4) is 0 Å². The van der Waals surface area contributed by atoms with E-state index in [4.69, 9.17) is 4.98 Å². The summed E-state index contributed by atoms with van der Waals surface area (Å²) in [5.41, 5.74) is 5.10. The molecular formula is C22H22N6OS2. The fraction of sp³-hybridized carbons (Fsp3) is 0.227. The fourth-order valence-corrected chi connectivity index (χ4v) is 4.90. The predicted octanol–water partition coefficient (Wildman–Crippen LogP) is 4.77. The number of carbonyl (C=O) groups excluding carboxylic acids is 1. The maximum Gasteiger partial charge on any atom is 0.230 e. The number of hydrogen-bond acceptors (Lipinski definition) is 7. The number of amides is 1. The molecule has 0 spiro atoms. The SMILES string of the molecule is CC(=O)N(c1nc(CSc2nnnn2Cc2ccccc2)cs1)c1cccc(C)c1C. The lowest BCUT2D eigenvalue weighted by Gasteiger charge is -2.21. The highest BCUT2D eigenvalue weighted by Crippen LogP contribution is 2.33. The normalized spacial score (nSPS) is 10.9. The summed E-state index contributed by atoms with van der Waals surface area (Å²) in [7, 11) is 0. The van der Waals surface area contributed by atoms with Crippen LogP contribution in [0, 0.1) is 13.8 Å². The summed E-state index contributed by atoms with van der Waals surface area (Å²) in [6.07, 6.45) is 0. The third-order valence-electron chi connectivity index (χ3n) is 4.89. The van der Waals surface area contributed by atoms with Crippen LogP contribution in [0.1, 0.15) is 29.3 Å². The molecule has 0 fully saturated rings. The molecule has 0 saturated carbocycles. The number of hydrogen-bond donors (Lipinski definition) is 0. The lowest BCUT2D eigenvalue weighted by molar-refractivity contribution is -0.115. The molecule has 2 aromatic heterocycles. The Bertz CT molecular complexity index is 1190. The summed E-state index contributed by atoms with van der Waals surface area (Å²) in [6, 6.07) is 16.0. The zero-order chi connectivity index (χ0) is 21.8. The molecule has 9 heteroatoms. The third-order valence-corrected chi connectivity index (χ3v) is 6.75. The van der Waals surface area contributed by atoms with E-state index in [-0.39, 0.29) is 5.91 Å². The minimum Gasteiger partial charge on any atom is -0.274 e. The van der Waals surface area contributed by atoms with Crippen molar-refractivity contribution in [2.24, 2.45) is 0 Å². The second kappa shape index (κ2) is 9.40. The van der Waals surface area contributed by atoms with Crippen molar-refractivity contribution in [3.05, 3.63) is 76.3 Å². The van der Waals surface area contributed by atoms with Crippen molar-refractivity contribution in [2.75, 3.05) is 4.90 Å². The molecule has 0 radical (unpaired) electrons. The molecule has 158 valence electrons. The van der Waals surface area contributed by atoms with Gasteiger partial charge in [-0.05, 0) is 47.0 Å². The van der Waals surface area contributed by atoms with E-state index < -0.39 is 0 Å². The Labute approximate surface area is 189 Å². The number of anilines is 2. The smallest absolute Gasteiger partial charge is 0.230 e. The van der Waals surface area contributed by atoms with Gasteiger partial charge >= 0.3 is 0 Å². The number of thiazole rings is 1. The predicted molar refractivity (Wildman–Crippen MR) is 124 cm³/mol. The molecule has 0 aliphatic rings. The van der Waals surface area contributed by atoms with Crippen molar-refractivity contribution in [1.29, 1.82) is 0 Å². The van der Waals surface area contributed by atoms with Gasteiger partial charge in [0.15, 0.2) is 5.13 Å². The third kappa shape index (κ3) is 4.83. The standard InChI is InChI=1S/C22H22N6OS2/c1-15-8-7-11-20(16(15)2)28(17(3)29)21-23-19(13-30-21)14-31-22-24-25-26-27(22)12-18-9-5-4-6-10-18/h4-11,13H,12,14H2,1-3H3. The number of aromatic nitrogens is 5. The molecule has 31 heavy (non-hydrogen) atoms. The summed E-state index contributed by atoms with van der Waals surface area (Å²) >= 11 is 2.99. The van der Waals surface area contributed by atoms with Gasteiger partial charge in [0.25, 0.3) is 0 Å². The van der Waals surface area contributed by atoms with Crippen molar-refractivity contribution in [1.82, 2.24) is 25.2 Å². The maximum absolute atomic E-state index is 12.4. The monoisotopic (exact) mass is 450 g/mol. The molecule has 0 N–H and O–H groups in total. The zero-order valence-electron chi connectivity index (χ0n) is 17.5. The van der Waals surface area contributed by atoms with E-state index in [1.807, 2.05) is 67.8 Å². The van der Waals surface area contributed by atoms with Crippen LogP contribution in [-0.2, 0) is 17.1 Å². The van der Waals surface area contributed by atoms with Crippen LogP contribution in [0.4, 0.5) is 10.8 Å². The highest BCUT2D eigenvalue weighted by atomic mass is 32.2. The lowest BCUT2D eigenvalue weighted by Crippen LogP contribution is -2.23. The van der Waals surface area contributed by atoms with Gasteiger partial charge in [-0.3, -0.25) is 9.69 Å². The van der Waals surface area contributed by atoms with Crippen molar-refractivity contribution < 1.29 is 4.79 Å². The van der Waals surface area contributed by atoms with Gasteiger partial charge in [-0.25, -0.2) is 9.67 Å². The van der Waals surface area contributed by atoms with Crippen LogP contribution >= 0.6 is 23.1 Å². The molecule has 4 aromatic rings. The maximum atomic E-state index is 12.4. The van der Waals surface area contributed by atoms with Gasteiger partial charge in [-0.1, -0.05) is 54.2 Å². The summed E-state index contributed by atoms with van der Waals surface area (Å²) in [5.74, 6) is 0.554. The molecule has 0 aliphatic carbocycles. The summed E-state index contributed by atoms with van der Waals surface area (Å²) in [4.78, 5) is 18.8. The van der Waals surface area contributed by atoms with Crippen LogP contribution in [0.5, 0.6) is 0 Å². The van der Waals surface area contributed by atoms with Gasteiger partial charge in [0.05, 0.1) is 17.9 Å². The highest BCUT2D eigenvalue weighted by Gasteiger charge is 2.20. The van der Waals surface area contributed by atoms with Gasteiger partial charge in [0.2, 0.25) is 11.1 Å². The molecule has 2 aromatic carbocycles.